The van der Waals surface area contributed by atoms with Gasteiger partial charge in [-0.2, -0.15) is 0 Å². The predicted molar refractivity (Wildman–Crippen MR) is 64.2 cm³/mol. The zero-order valence-corrected chi connectivity index (χ0v) is 9.64. The molecule has 4 heteroatoms. The molecule has 3 nitrogen and oxygen atoms in total. The van der Waals surface area contributed by atoms with Crippen molar-refractivity contribution in [2.45, 2.75) is 13.8 Å². The molecule has 0 spiro atoms. The molecule has 0 fully saturated rings. The Morgan fingerprint density at radius 3 is 2.93 bits per heavy atom. The fourth-order valence-corrected chi connectivity index (χ4v) is 2.22. The van der Waals surface area contributed by atoms with Crippen molar-refractivity contribution in [3.05, 3.63) is 29.3 Å². The average Bonchev–Trinajstić information content (AvgIpc) is 2.65. The Bertz CT molecular complexity index is 451. The summed E-state index contributed by atoms with van der Waals surface area (Å²) in [5.41, 5.74) is 1.23. The summed E-state index contributed by atoms with van der Waals surface area (Å²) in [7, 11) is 0. The van der Waals surface area contributed by atoms with Crippen LogP contribution in [0, 0.1) is 6.92 Å². The van der Waals surface area contributed by atoms with Crippen LogP contribution in [0.4, 0.5) is 5.82 Å². The number of hydrogen-bond acceptors (Lipinski definition) is 4. The van der Waals surface area contributed by atoms with Crippen molar-refractivity contribution >= 4 is 17.2 Å². The Hall–Kier alpha value is -1.42. The van der Waals surface area contributed by atoms with Gasteiger partial charge in [-0.05, 0) is 36.9 Å². The maximum absolute atomic E-state index is 4.45. The predicted octanol–water partition coefficient (Wildman–Crippen LogP) is 2.95. The largest absolute Gasteiger partial charge is 0.370 e. The van der Waals surface area contributed by atoms with E-state index in [0.717, 1.165) is 23.1 Å². The summed E-state index contributed by atoms with van der Waals surface area (Å²) in [5, 5.41) is 5.25. The Kier molecular flexibility index (Phi) is 2.97. The van der Waals surface area contributed by atoms with Crippen molar-refractivity contribution < 1.29 is 0 Å². The summed E-state index contributed by atoms with van der Waals surface area (Å²) in [6.07, 6.45) is 1.79. The third-order valence-electron chi connectivity index (χ3n) is 2.08. The minimum absolute atomic E-state index is 0.806. The van der Waals surface area contributed by atoms with Crippen LogP contribution in [-0.2, 0) is 0 Å². The molecular formula is C11H13N3S. The second-order valence-electron chi connectivity index (χ2n) is 3.23. The van der Waals surface area contributed by atoms with Gasteiger partial charge in [0.25, 0.3) is 0 Å². The van der Waals surface area contributed by atoms with Crippen molar-refractivity contribution in [2.75, 3.05) is 11.9 Å². The van der Waals surface area contributed by atoms with E-state index in [-0.39, 0.29) is 0 Å². The van der Waals surface area contributed by atoms with Gasteiger partial charge in [0.15, 0.2) is 5.82 Å². The molecule has 2 heterocycles. The van der Waals surface area contributed by atoms with Crippen LogP contribution in [-0.4, -0.2) is 16.5 Å². The van der Waals surface area contributed by atoms with E-state index in [0.29, 0.717) is 0 Å². The molecule has 15 heavy (non-hydrogen) atoms. The lowest BCUT2D eigenvalue weighted by molar-refractivity contribution is 1.12. The standard InChI is InChI=1S/C11H13N3S/c1-3-12-9-4-6-13-11(14-9)10-8(2)5-7-15-10/h4-7H,3H2,1-2H3,(H,12,13,14). The summed E-state index contributed by atoms with van der Waals surface area (Å²) < 4.78 is 0. The Balaban J connectivity index is 2.37. The van der Waals surface area contributed by atoms with Crippen molar-refractivity contribution in [3.8, 4) is 10.7 Å². The maximum atomic E-state index is 4.45. The molecule has 0 saturated heterocycles. The molecular weight excluding hydrogens is 206 g/mol. The molecule has 0 atom stereocenters. The quantitative estimate of drug-likeness (QED) is 0.862. The molecule has 0 radical (unpaired) electrons. The van der Waals surface area contributed by atoms with Gasteiger partial charge < -0.3 is 5.32 Å². The molecule has 0 aromatic carbocycles. The average molecular weight is 219 g/mol. The highest BCUT2D eigenvalue weighted by Gasteiger charge is 2.06. The second-order valence-corrected chi connectivity index (χ2v) is 4.14. The van der Waals surface area contributed by atoms with E-state index in [1.165, 1.54) is 5.56 Å². The lowest BCUT2D eigenvalue weighted by Gasteiger charge is -2.03. The van der Waals surface area contributed by atoms with E-state index in [1.807, 2.05) is 6.07 Å². The van der Waals surface area contributed by atoms with Gasteiger partial charge in [-0.3, -0.25) is 0 Å². The number of nitrogens with zero attached hydrogens (tertiary/aromatic N) is 2. The monoisotopic (exact) mass is 219 g/mol. The second kappa shape index (κ2) is 4.40. The first-order valence-electron chi connectivity index (χ1n) is 4.92. The zero-order chi connectivity index (χ0) is 10.7. The van der Waals surface area contributed by atoms with E-state index in [1.54, 1.807) is 17.5 Å². The van der Waals surface area contributed by atoms with Crippen LogP contribution >= 0.6 is 11.3 Å². The first-order chi connectivity index (χ1) is 7.31. The van der Waals surface area contributed by atoms with Crippen LogP contribution in [0.1, 0.15) is 12.5 Å². The van der Waals surface area contributed by atoms with Gasteiger partial charge in [-0.1, -0.05) is 0 Å². The van der Waals surface area contributed by atoms with Gasteiger partial charge in [0.2, 0.25) is 0 Å². The minimum atomic E-state index is 0.806. The SMILES string of the molecule is CCNc1ccnc(-c2sccc2C)n1. The molecule has 0 unspecified atom stereocenters. The number of anilines is 1. The topological polar surface area (TPSA) is 37.8 Å². The molecule has 1 N–H and O–H groups in total. The molecule has 0 aliphatic rings. The van der Waals surface area contributed by atoms with Gasteiger partial charge in [0.05, 0.1) is 4.88 Å². The maximum Gasteiger partial charge on any atom is 0.171 e. The van der Waals surface area contributed by atoms with Crippen LogP contribution in [0.5, 0.6) is 0 Å². The van der Waals surface area contributed by atoms with Crippen LogP contribution in [0.25, 0.3) is 10.7 Å². The van der Waals surface area contributed by atoms with Crippen molar-refractivity contribution in [2.24, 2.45) is 0 Å². The van der Waals surface area contributed by atoms with E-state index in [9.17, 15) is 0 Å². The molecule has 0 amide bonds. The number of rotatable bonds is 3. The third-order valence-corrected chi connectivity index (χ3v) is 3.09. The molecule has 0 saturated carbocycles. The number of aromatic nitrogens is 2. The fourth-order valence-electron chi connectivity index (χ4n) is 1.35. The van der Waals surface area contributed by atoms with E-state index < -0.39 is 0 Å². The molecule has 2 aromatic heterocycles. The molecule has 2 aromatic rings. The first kappa shape index (κ1) is 10.1. The Labute approximate surface area is 93.2 Å². The lowest BCUT2D eigenvalue weighted by Crippen LogP contribution is -2.00. The highest BCUT2D eigenvalue weighted by atomic mass is 32.1. The fraction of sp³-hybridized carbons (Fsp3) is 0.273. The minimum Gasteiger partial charge on any atom is -0.370 e. The van der Waals surface area contributed by atoms with Crippen molar-refractivity contribution in [1.82, 2.24) is 9.97 Å². The molecule has 0 aliphatic heterocycles. The summed E-state index contributed by atoms with van der Waals surface area (Å²) in [4.78, 5) is 9.89. The first-order valence-corrected chi connectivity index (χ1v) is 5.80. The van der Waals surface area contributed by atoms with E-state index in [4.69, 9.17) is 0 Å². The molecule has 78 valence electrons. The summed E-state index contributed by atoms with van der Waals surface area (Å²) in [6, 6.07) is 3.97. The number of aryl methyl sites for hydroxylation is 1. The summed E-state index contributed by atoms with van der Waals surface area (Å²) in [5.74, 6) is 1.69. The summed E-state index contributed by atoms with van der Waals surface area (Å²) >= 11 is 1.68. The molecule has 0 aliphatic carbocycles. The van der Waals surface area contributed by atoms with Crippen LogP contribution in [0.2, 0.25) is 0 Å². The highest BCUT2D eigenvalue weighted by molar-refractivity contribution is 7.13. The lowest BCUT2D eigenvalue weighted by atomic mass is 10.3. The van der Waals surface area contributed by atoms with Crippen molar-refractivity contribution in [3.63, 3.8) is 0 Å². The van der Waals surface area contributed by atoms with Gasteiger partial charge in [-0.15, -0.1) is 11.3 Å². The van der Waals surface area contributed by atoms with Crippen LogP contribution in [0.15, 0.2) is 23.7 Å². The van der Waals surface area contributed by atoms with Crippen molar-refractivity contribution in [1.29, 1.82) is 0 Å². The summed E-state index contributed by atoms with van der Waals surface area (Å²) in [6.45, 7) is 5.01. The van der Waals surface area contributed by atoms with E-state index in [2.05, 4.69) is 40.6 Å². The van der Waals surface area contributed by atoms with Gasteiger partial charge >= 0.3 is 0 Å². The number of hydrogen-bond donors (Lipinski definition) is 1. The van der Waals surface area contributed by atoms with E-state index >= 15 is 0 Å². The Morgan fingerprint density at radius 1 is 1.40 bits per heavy atom. The normalized spacial score (nSPS) is 10.3. The molecule has 2 rings (SSSR count). The number of nitrogens with one attached hydrogen (secondary N) is 1. The van der Waals surface area contributed by atoms with Gasteiger partial charge in [0, 0.05) is 12.7 Å². The van der Waals surface area contributed by atoms with Gasteiger partial charge in [-0.25, -0.2) is 9.97 Å². The zero-order valence-electron chi connectivity index (χ0n) is 8.82. The van der Waals surface area contributed by atoms with Crippen LogP contribution in [0.3, 0.4) is 0 Å². The van der Waals surface area contributed by atoms with Gasteiger partial charge in [0.1, 0.15) is 5.82 Å². The highest BCUT2D eigenvalue weighted by Crippen LogP contribution is 2.26. The number of thiophene rings is 1. The van der Waals surface area contributed by atoms with Crippen LogP contribution < -0.4 is 5.32 Å². The smallest absolute Gasteiger partial charge is 0.171 e. The molecule has 0 bridgehead atoms. The third kappa shape index (κ3) is 2.15. The Morgan fingerprint density at radius 2 is 2.27 bits per heavy atom.